The van der Waals surface area contributed by atoms with Gasteiger partial charge in [-0.25, -0.2) is 9.97 Å². The van der Waals surface area contributed by atoms with Gasteiger partial charge in [-0.1, -0.05) is 6.92 Å². The Labute approximate surface area is 107 Å². The zero-order valence-electron chi connectivity index (χ0n) is 10.8. The van der Waals surface area contributed by atoms with Gasteiger partial charge in [0.15, 0.2) is 0 Å². The predicted octanol–water partition coefficient (Wildman–Crippen LogP) is 0.0475. The van der Waals surface area contributed by atoms with E-state index in [-0.39, 0.29) is 25.0 Å². The van der Waals surface area contributed by atoms with E-state index in [0.29, 0.717) is 18.9 Å². The van der Waals surface area contributed by atoms with Crippen molar-refractivity contribution in [1.29, 1.82) is 0 Å². The Morgan fingerprint density at radius 1 is 1.50 bits per heavy atom. The van der Waals surface area contributed by atoms with E-state index in [1.165, 1.54) is 0 Å². The van der Waals surface area contributed by atoms with Crippen LogP contribution in [0.4, 0.5) is 5.95 Å². The number of hydrogen-bond acceptors (Lipinski definition) is 5. The Morgan fingerprint density at radius 2 is 2.17 bits per heavy atom. The number of hydrogen-bond donors (Lipinski definition) is 2. The van der Waals surface area contributed by atoms with E-state index in [9.17, 15) is 4.79 Å². The number of carbonyl (C=O) groups is 1. The summed E-state index contributed by atoms with van der Waals surface area (Å²) >= 11 is 0. The largest absolute Gasteiger partial charge is 0.396 e. The van der Waals surface area contributed by atoms with Gasteiger partial charge in [0, 0.05) is 32.6 Å². The number of nitrogens with zero attached hydrogens (tertiary/aromatic N) is 3. The molecular weight excluding hydrogens is 232 g/mol. The Morgan fingerprint density at radius 3 is 2.78 bits per heavy atom. The molecule has 1 heterocycles. The van der Waals surface area contributed by atoms with Gasteiger partial charge in [0.25, 0.3) is 0 Å². The summed E-state index contributed by atoms with van der Waals surface area (Å²) in [4.78, 5) is 21.5. The summed E-state index contributed by atoms with van der Waals surface area (Å²) in [6.07, 6.45) is 3.97. The maximum Gasteiger partial charge on any atom is 0.239 e. The van der Waals surface area contributed by atoms with Crippen LogP contribution in [0.3, 0.4) is 0 Å². The molecule has 0 bridgehead atoms. The SMILES string of the molecule is CC(CCO)CNC(=O)CN(C)c1ncccn1. The fourth-order valence-corrected chi connectivity index (χ4v) is 1.44. The van der Waals surface area contributed by atoms with Gasteiger partial charge in [-0.05, 0) is 18.4 Å². The van der Waals surface area contributed by atoms with Crippen molar-refractivity contribution >= 4 is 11.9 Å². The third kappa shape index (κ3) is 5.09. The predicted molar refractivity (Wildman–Crippen MR) is 69.2 cm³/mol. The number of carbonyl (C=O) groups excluding carboxylic acids is 1. The standard InChI is InChI=1S/C12H20N4O2/c1-10(4-7-17)8-15-11(18)9-16(2)12-13-5-3-6-14-12/h3,5-6,10,17H,4,7-9H2,1-2H3,(H,15,18). The maximum atomic E-state index is 11.7. The van der Waals surface area contributed by atoms with Gasteiger partial charge in [-0.2, -0.15) is 0 Å². The fourth-order valence-electron chi connectivity index (χ4n) is 1.44. The second-order valence-corrected chi connectivity index (χ2v) is 4.33. The average Bonchev–Trinajstić information content (AvgIpc) is 2.38. The average molecular weight is 252 g/mol. The van der Waals surface area contributed by atoms with E-state index in [1.807, 2.05) is 6.92 Å². The highest BCUT2D eigenvalue weighted by Gasteiger charge is 2.10. The molecule has 1 amide bonds. The Balaban J connectivity index is 2.32. The summed E-state index contributed by atoms with van der Waals surface area (Å²) in [5, 5.41) is 11.6. The number of amides is 1. The molecule has 100 valence electrons. The molecule has 0 aromatic carbocycles. The second-order valence-electron chi connectivity index (χ2n) is 4.33. The van der Waals surface area contributed by atoms with Crippen molar-refractivity contribution in [2.75, 3.05) is 31.6 Å². The van der Waals surface area contributed by atoms with Crippen LogP contribution in [0, 0.1) is 5.92 Å². The Bertz CT molecular complexity index is 358. The van der Waals surface area contributed by atoms with Gasteiger partial charge < -0.3 is 15.3 Å². The molecular formula is C12H20N4O2. The van der Waals surface area contributed by atoms with Gasteiger partial charge >= 0.3 is 0 Å². The molecule has 0 aliphatic carbocycles. The second kappa shape index (κ2) is 7.60. The number of nitrogens with one attached hydrogen (secondary N) is 1. The Hall–Kier alpha value is -1.69. The third-order valence-corrected chi connectivity index (χ3v) is 2.54. The van der Waals surface area contributed by atoms with Crippen molar-refractivity contribution in [3.63, 3.8) is 0 Å². The third-order valence-electron chi connectivity index (χ3n) is 2.54. The number of likely N-dealkylation sites (N-methyl/N-ethyl adjacent to an activating group) is 1. The van der Waals surface area contributed by atoms with E-state index in [0.717, 1.165) is 0 Å². The smallest absolute Gasteiger partial charge is 0.239 e. The lowest BCUT2D eigenvalue weighted by atomic mass is 10.1. The molecule has 1 aromatic heterocycles. The van der Waals surface area contributed by atoms with Gasteiger partial charge in [0.05, 0.1) is 6.54 Å². The number of aliphatic hydroxyl groups excluding tert-OH is 1. The summed E-state index contributed by atoms with van der Waals surface area (Å²) in [6, 6.07) is 1.73. The number of anilines is 1. The molecule has 0 aliphatic heterocycles. The van der Waals surface area contributed by atoms with Crippen LogP contribution in [0.15, 0.2) is 18.5 Å². The lowest BCUT2D eigenvalue weighted by Gasteiger charge is -2.17. The molecule has 2 N–H and O–H groups in total. The molecule has 0 spiro atoms. The van der Waals surface area contributed by atoms with Crippen LogP contribution in [0.2, 0.25) is 0 Å². The first-order valence-electron chi connectivity index (χ1n) is 5.99. The normalized spacial score (nSPS) is 11.9. The molecule has 0 saturated heterocycles. The topological polar surface area (TPSA) is 78.4 Å². The minimum absolute atomic E-state index is 0.0743. The van der Waals surface area contributed by atoms with Gasteiger partial charge in [-0.3, -0.25) is 4.79 Å². The molecule has 0 aliphatic rings. The van der Waals surface area contributed by atoms with Crippen LogP contribution in [0.5, 0.6) is 0 Å². The zero-order valence-corrected chi connectivity index (χ0v) is 10.8. The van der Waals surface area contributed by atoms with Gasteiger partial charge in [0.1, 0.15) is 0 Å². The van der Waals surface area contributed by atoms with Crippen molar-refractivity contribution in [2.45, 2.75) is 13.3 Å². The fraction of sp³-hybridized carbons (Fsp3) is 0.583. The van der Waals surface area contributed by atoms with Crippen LogP contribution in [0.1, 0.15) is 13.3 Å². The molecule has 0 radical (unpaired) electrons. The minimum atomic E-state index is -0.0743. The van der Waals surface area contributed by atoms with Crippen molar-refractivity contribution < 1.29 is 9.90 Å². The summed E-state index contributed by atoms with van der Waals surface area (Å²) < 4.78 is 0. The summed E-state index contributed by atoms with van der Waals surface area (Å²) in [5.41, 5.74) is 0. The number of aliphatic hydroxyl groups is 1. The van der Waals surface area contributed by atoms with E-state index in [2.05, 4.69) is 15.3 Å². The maximum absolute atomic E-state index is 11.7. The first-order valence-corrected chi connectivity index (χ1v) is 5.99. The Kier molecular flexibility index (Phi) is 6.07. The van der Waals surface area contributed by atoms with Crippen molar-refractivity contribution in [2.24, 2.45) is 5.92 Å². The van der Waals surface area contributed by atoms with Crippen LogP contribution >= 0.6 is 0 Å². The summed E-state index contributed by atoms with van der Waals surface area (Å²) in [7, 11) is 1.77. The molecule has 6 heteroatoms. The highest BCUT2D eigenvalue weighted by Crippen LogP contribution is 2.01. The molecule has 1 rings (SSSR count). The first-order chi connectivity index (χ1) is 8.63. The molecule has 0 saturated carbocycles. The highest BCUT2D eigenvalue weighted by molar-refractivity contribution is 5.80. The first kappa shape index (κ1) is 14.4. The zero-order chi connectivity index (χ0) is 13.4. The van der Waals surface area contributed by atoms with Crippen LogP contribution in [0.25, 0.3) is 0 Å². The monoisotopic (exact) mass is 252 g/mol. The quantitative estimate of drug-likeness (QED) is 0.717. The van der Waals surface area contributed by atoms with E-state index in [1.54, 1.807) is 30.4 Å². The summed E-state index contributed by atoms with van der Waals surface area (Å²) in [6.45, 7) is 2.92. The molecule has 0 fully saturated rings. The highest BCUT2D eigenvalue weighted by atomic mass is 16.3. The molecule has 6 nitrogen and oxygen atoms in total. The van der Waals surface area contributed by atoms with Crippen molar-refractivity contribution in [3.8, 4) is 0 Å². The lowest BCUT2D eigenvalue weighted by molar-refractivity contribution is -0.119. The van der Waals surface area contributed by atoms with Gasteiger partial charge in [-0.15, -0.1) is 0 Å². The van der Waals surface area contributed by atoms with Crippen molar-refractivity contribution in [3.05, 3.63) is 18.5 Å². The van der Waals surface area contributed by atoms with Crippen LogP contribution < -0.4 is 10.2 Å². The van der Waals surface area contributed by atoms with Gasteiger partial charge in [0.2, 0.25) is 11.9 Å². The van der Waals surface area contributed by atoms with E-state index < -0.39 is 0 Å². The molecule has 1 aromatic rings. The van der Waals surface area contributed by atoms with Crippen LogP contribution in [-0.4, -0.2) is 47.7 Å². The lowest BCUT2D eigenvalue weighted by Crippen LogP contribution is -2.37. The minimum Gasteiger partial charge on any atom is -0.396 e. The molecule has 1 unspecified atom stereocenters. The number of rotatable bonds is 7. The van der Waals surface area contributed by atoms with E-state index >= 15 is 0 Å². The van der Waals surface area contributed by atoms with Crippen LogP contribution in [-0.2, 0) is 4.79 Å². The number of aromatic nitrogens is 2. The summed E-state index contributed by atoms with van der Waals surface area (Å²) in [5.74, 6) is 0.725. The molecule has 1 atom stereocenters. The van der Waals surface area contributed by atoms with Crippen molar-refractivity contribution in [1.82, 2.24) is 15.3 Å². The molecule has 18 heavy (non-hydrogen) atoms. The van der Waals surface area contributed by atoms with E-state index in [4.69, 9.17) is 5.11 Å².